The number of nitrogens with two attached hydrogens (primary N) is 1. The molecule has 4 fully saturated rings. The molecule has 1 saturated carbocycles. The van der Waals surface area contributed by atoms with Crippen LogP contribution in [0.3, 0.4) is 0 Å². The molecule has 3 aliphatic heterocycles. The van der Waals surface area contributed by atoms with E-state index in [1.54, 1.807) is 0 Å². The molecule has 8 atom stereocenters. The maximum absolute atomic E-state index is 6.43. The largest absolute Gasteiger partial charge is 0.328 e. The van der Waals surface area contributed by atoms with Crippen molar-refractivity contribution in [2.45, 2.75) is 57.4 Å². The second-order valence-corrected chi connectivity index (χ2v) is 9.48. The summed E-state index contributed by atoms with van der Waals surface area (Å²) in [5, 5.41) is 6.37. The number of nitrogens with one attached hydrogen (secondary N) is 2. The van der Waals surface area contributed by atoms with Crippen molar-refractivity contribution in [2.75, 3.05) is 24.6 Å². The van der Waals surface area contributed by atoms with Gasteiger partial charge in [-0.25, -0.2) is 10.4 Å². The number of rotatable bonds is 2. The van der Waals surface area contributed by atoms with Crippen molar-refractivity contribution in [1.82, 2.24) is 20.6 Å². The molecule has 4 heterocycles. The zero-order chi connectivity index (χ0) is 18.5. The van der Waals surface area contributed by atoms with Gasteiger partial charge in [0, 0.05) is 49.9 Å². The number of hydrogen-bond donors (Lipinski definition) is 3. The molecule has 1 aliphatic carbocycles. The van der Waals surface area contributed by atoms with Crippen LogP contribution < -0.4 is 21.5 Å². The van der Waals surface area contributed by atoms with Crippen molar-refractivity contribution in [2.24, 2.45) is 29.4 Å². The molecule has 0 radical (unpaired) electrons. The summed E-state index contributed by atoms with van der Waals surface area (Å²) in [5.74, 6) is 3.77. The van der Waals surface area contributed by atoms with Gasteiger partial charge in [0.15, 0.2) is 0 Å². The van der Waals surface area contributed by atoms with Gasteiger partial charge in [0.25, 0.3) is 0 Å². The van der Waals surface area contributed by atoms with E-state index in [4.69, 9.17) is 5.73 Å². The molecule has 6 heteroatoms. The van der Waals surface area contributed by atoms with Gasteiger partial charge in [0.2, 0.25) is 0 Å². The van der Waals surface area contributed by atoms with Crippen LogP contribution in [0, 0.1) is 23.7 Å². The summed E-state index contributed by atoms with van der Waals surface area (Å²) in [7, 11) is 0. The topological polar surface area (TPSA) is 69.5 Å². The molecule has 0 bridgehead atoms. The van der Waals surface area contributed by atoms with Crippen LogP contribution in [-0.2, 0) is 0 Å². The first-order valence-electron chi connectivity index (χ1n) is 10.8. The number of anilines is 1. The maximum Gasteiger partial charge on any atom is 0.142 e. The SMILES string of the molecule is CC1CC2CN3CCC4NN(c5ccccn5)CC4C3NC2C([C@@H](C)N)C1. The molecular weight excluding hydrogens is 336 g/mol. The van der Waals surface area contributed by atoms with E-state index in [1.807, 2.05) is 12.3 Å². The van der Waals surface area contributed by atoms with Crippen molar-refractivity contribution >= 4 is 5.82 Å². The Morgan fingerprint density at radius 3 is 2.93 bits per heavy atom. The summed E-state index contributed by atoms with van der Waals surface area (Å²) >= 11 is 0. The fraction of sp³-hybridized carbons (Fsp3) is 0.762. The minimum absolute atomic E-state index is 0.269. The molecule has 148 valence electrons. The first kappa shape index (κ1) is 17.9. The Balaban J connectivity index is 1.35. The number of nitrogens with zero attached hydrogens (tertiary/aromatic N) is 3. The van der Waals surface area contributed by atoms with Crippen LogP contribution >= 0.6 is 0 Å². The van der Waals surface area contributed by atoms with Crippen LogP contribution in [0.1, 0.15) is 33.1 Å². The molecule has 4 aliphatic rings. The molecule has 5 rings (SSSR count). The average molecular weight is 371 g/mol. The normalized spacial score (nSPS) is 42.9. The van der Waals surface area contributed by atoms with E-state index < -0.39 is 0 Å². The molecule has 27 heavy (non-hydrogen) atoms. The highest BCUT2D eigenvalue weighted by atomic mass is 15.6. The van der Waals surface area contributed by atoms with Gasteiger partial charge in [-0.3, -0.25) is 15.2 Å². The highest BCUT2D eigenvalue weighted by Crippen LogP contribution is 2.41. The lowest BCUT2D eigenvalue weighted by molar-refractivity contribution is -0.0420. The lowest BCUT2D eigenvalue weighted by Gasteiger charge is -2.55. The zero-order valence-electron chi connectivity index (χ0n) is 16.6. The number of fused-ring (bicyclic) bond motifs is 4. The Bertz CT molecular complexity index is 651. The smallest absolute Gasteiger partial charge is 0.142 e. The fourth-order valence-corrected chi connectivity index (χ4v) is 6.32. The van der Waals surface area contributed by atoms with Gasteiger partial charge in [-0.05, 0) is 56.1 Å². The lowest BCUT2D eigenvalue weighted by Crippen LogP contribution is -2.70. The van der Waals surface area contributed by atoms with Crippen molar-refractivity contribution < 1.29 is 0 Å². The lowest BCUT2D eigenvalue weighted by atomic mass is 9.68. The number of hydrogen-bond acceptors (Lipinski definition) is 6. The van der Waals surface area contributed by atoms with Gasteiger partial charge >= 0.3 is 0 Å². The highest BCUT2D eigenvalue weighted by molar-refractivity contribution is 5.38. The van der Waals surface area contributed by atoms with Gasteiger partial charge in [-0.2, -0.15) is 0 Å². The summed E-state index contributed by atoms with van der Waals surface area (Å²) in [4.78, 5) is 7.27. The van der Waals surface area contributed by atoms with Crippen LogP contribution in [0.4, 0.5) is 5.82 Å². The zero-order valence-corrected chi connectivity index (χ0v) is 16.6. The Hall–Kier alpha value is -1.21. The van der Waals surface area contributed by atoms with Gasteiger partial charge in [0.1, 0.15) is 5.82 Å². The number of aromatic nitrogens is 1. The van der Waals surface area contributed by atoms with Crippen LogP contribution in [0.2, 0.25) is 0 Å². The van der Waals surface area contributed by atoms with E-state index in [2.05, 4.69) is 51.6 Å². The minimum Gasteiger partial charge on any atom is -0.328 e. The minimum atomic E-state index is 0.269. The second kappa shape index (κ2) is 6.99. The number of pyridine rings is 1. The summed E-state index contributed by atoms with van der Waals surface area (Å²) < 4.78 is 0. The fourth-order valence-electron chi connectivity index (χ4n) is 6.32. The third-order valence-corrected chi connectivity index (χ3v) is 7.54. The predicted octanol–water partition coefficient (Wildman–Crippen LogP) is 1.40. The summed E-state index contributed by atoms with van der Waals surface area (Å²) in [6.45, 7) is 8.06. The van der Waals surface area contributed by atoms with Crippen LogP contribution in [0.15, 0.2) is 24.4 Å². The number of hydrazine groups is 1. The van der Waals surface area contributed by atoms with E-state index in [0.29, 0.717) is 30.1 Å². The van der Waals surface area contributed by atoms with Crippen molar-refractivity contribution in [3.8, 4) is 0 Å². The van der Waals surface area contributed by atoms with Crippen molar-refractivity contribution in [3.63, 3.8) is 0 Å². The van der Waals surface area contributed by atoms with Gasteiger partial charge < -0.3 is 5.73 Å². The monoisotopic (exact) mass is 370 g/mol. The van der Waals surface area contributed by atoms with Crippen molar-refractivity contribution in [3.05, 3.63) is 24.4 Å². The molecule has 6 nitrogen and oxygen atoms in total. The molecule has 7 unspecified atom stereocenters. The maximum atomic E-state index is 6.43. The molecule has 4 N–H and O–H groups in total. The number of piperidine rings is 1. The molecule has 0 spiro atoms. The van der Waals surface area contributed by atoms with Crippen molar-refractivity contribution in [1.29, 1.82) is 0 Å². The Kier molecular flexibility index (Phi) is 4.63. The van der Waals surface area contributed by atoms with Gasteiger partial charge in [0.05, 0.1) is 6.17 Å². The van der Waals surface area contributed by atoms with E-state index in [1.165, 1.54) is 32.4 Å². The third-order valence-electron chi connectivity index (χ3n) is 7.54. The quantitative estimate of drug-likeness (QED) is 0.731. The summed E-state index contributed by atoms with van der Waals surface area (Å²) in [5.41, 5.74) is 10.2. The predicted molar refractivity (Wildman–Crippen MR) is 108 cm³/mol. The Labute approximate surface area is 162 Å². The van der Waals surface area contributed by atoms with Gasteiger partial charge in [-0.15, -0.1) is 0 Å². The summed E-state index contributed by atoms with van der Waals surface area (Å²) in [6, 6.07) is 7.53. The highest BCUT2D eigenvalue weighted by Gasteiger charge is 2.50. The van der Waals surface area contributed by atoms with Crippen LogP contribution in [0.25, 0.3) is 0 Å². The molecule has 0 amide bonds. The van der Waals surface area contributed by atoms with Gasteiger partial charge in [-0.1, -0.05) is 13.0 Å². The Morgan fingerprint density at radius 2 is 2.15 bits per heavy atom. The molecule has 3 saturated heterocycles. The van der Waals surface area contributed by atoms with Crippen LogP contribution in [0.5, 0.6) is 0 Å². The van der Waals surface area contributed by atoms with E-state index in [-0.39, 0.29) is 6.04 Å². The van der Waals surface area contributed by atoms with E-state index in [9.17, 15) is 0 Å². The molecule has 1 aromatic rings. The first-order chi connectivity index (χ1) is 13.1. The average Bonchev–Trinajstić information content (AvgIpc) is 3.11. The third kappa shape index (κ3) is 3.16. The van der Waals surface area contributed by atoms with Crippen LogP contribution in [-0.4, -0.2) is 53.8 Å². The summed E-state index contributed by atoms with van der Waals surface area (Å²) in [6.07, 6.45) is 6.17. The molecular formula is C21H34N6. The standard InChI is InChI=1S/C21H34N6/c1-13-9-15-11-26-8-6-18-17(12-27(25-18)19-5-3-4-7-23-19)21(26)24-20(15)16(10-13)14(2)22/h3-5,7,13-18,20-21,24-25H,6,8-12,22H2,1-2H3/t13?,14-,15?,16?,17?,18?,20?,21?/m1/s1. The second-order valence-electron chi connectivity index (χ2n) is 9.48. The van der Waals surface area contributed by atoms with E-state index >= 15 is 0 Å². The Morgan fingerprint density at radius 1 is 1.26 bits per heavy atom. The first-order valence-corrected chi connectivity index (χ1v) is 10.8. The van der Waals surface area contributed by atoms with E-state index in [0.717, 1.165) is 24.2 Å². The molecule has 1 aromatic heterocycles. The molecule has 0 aromatic carbocycles.